The van der Waals surface area contributed by atoms with Gasteiger partial charge in [0.15, 0.2) is 0 Å². The Morgan fingerprint density at radius 2 is 2.00 bits per heavy atom. The summed E-state index contributed by atoms with van der Waals surface area (Å²) in [6, 6.07) is 0. The number of amidine groups is 1. The van der Waals surface area contributed by atoms with Gasteiger partial charge in [-0.15, -0.1) is 24.8 Å². The van der Waals surface area contributed by atoms with Crippen LogP contribution in [0.1, 0.15) is 0 Å². The van der Waals surface area contributed by atoms with Gasteiger partial charge in [-0.05, 0) is 0 Å². The average Bonchev–Trinajstić information content (AvgIpc) is 1.61. The quantitative estimate of drug-likeness (QED) is 0.395. The van der Waals surface area contributed by atoms with Crippen LogP contribution in [-0.4, -0.2) is 11.5 Å². The number of rotatable bonds is 1. The fourth-order valence-electron chi connectivity index (χ4n) is 0.429. The molecule has 58 valence electrons. The molecule has 1 rings (SSSR count). The summed E-state index contributed by atoms with van der Waals surface area (Å²) in [7, 11) is 0. The van der Waals surface area contributed by atoms with Crippen LogP contribution in [0.25, 0.3) is 0 Å². The van der Waals surface area contributed by atoms with Crippen molar-refractivity contribution < 1.29 is 0 Å². The van der Waals surface area contributed by atoms with E-state index in [-0.39, 0.29) is 30.6 Å². The van der Waals surface area contributed by atoms with Crippen LogP contribution in [0.2, 0.25) is 0 Å². The largest absolute Gasteiger partial charge is 0.396 e. The van der Waals surface area contributed by atoms with Gasteiger partial charge in [-0.25, -0.2) is 4.99 Å². The second-order valence-electron chi connectivity index (χ2n) is 1.48. The van der Waals surface area contributed by atoms with E-state index in [2.05, 4.69) is 4.99 Å². The molecule has 10 heavy (non-hydrogen) atoms. The maximum absolute atomic E-state index is 6.81. The van der Waals surface area contributed by atoms with Gasteiger partial charge in [-0.1, -0.05) is 0 Å². The number of hydrogen-bond acceptors (Lipinski definition) is 3. The Morgan fingerprint density at radius 3 is 2.00 bits per heavy atom. The van der Waals surface area contributed by atoms with Crippen LogP contribution in [0.4, 0.5) is 0 Å². The summed E-state index contributed by atoms with van der Waals surface area (Å²) in [5.74, 6) is -0.0648. The van der Waals surface area contributed by atoms with Crippen molar-refractivity contribution >= 4 is 36.4 Å². The molecule has 4 nitrogen and oxygen atoms in total. The van der Waals surface area contributed by atoms with Gasteiger partial charge in [0, 0.05) is 0 Å². The minimum atomic E-state index is -0.0648. The Balaban J connectivity index is 0. The van der Waals surface area contributed by atoms with Crippen LogP contribution in [0.3, 0.4) is 0 Å². The highest BCUT2D eigenvalue weighted by Gasteiger charge is 2.11. The van der Waals surface area contributed by atoms with Crippen LogP contribution >= 0.6 is 24.8 Å². The lowest BCUT2D eigenvalue weighted by atomic mass is 10.2. The lowest BCUT2D eigenvalue weighted by Gasteiger charge is -2.08. The molecule has 1 heterocycles. The van der Waals surface area contributed by atoms with Crippen LogP contribution in [0.15, 0.2) is 16.9 Å². The molecule has 0 saturated carbocycles. The lowest BCUT2D eigenvalue weighted by molar-refractivity contribution is 1.31. The van der Waals surface area contributed by atoms with Crippen molar-refractivity contribution in [3.8, 4) is 0 Å². The summed E-state index contributed by atoms with van der Waals surface area (Å²) in [6.07, 6.45) is 1.47. The molecule has 0 radical (unpaired) electrons. The van der Waals surface area contributed by atoms with Crippen molar-refractivity contribution in [2.75, 3.05) is 0 Å². The number of nitrogens with zero attached hydrogens (tertiary/aromatic N) is 1. The van der Waals surface area contributed by atoms with E-state index in [0.717, 1.165) is 0 Å². The van der Waals surface area contributed by atoms with Gasteiger partial charge < -0.3 is 11.5 Å². The van der Waals surface area contributed by atoms with Crippen LogP contribution < -0.4 is 11.5 Å². The first-order chi connectivity index (χ1) is 3.72. The maximum Gasteiger partial charge on any atom is 0.144 e. The molecule has 0 fully saturated rings. The van der Waals surface area contributed by atoms with E-state index in [9.17, 15) is 0 Å². The van der Waals surface area contributed by atoms with E-state index in [1.807, 2.05) is 0 Å². The van der Waals surface area contributed by atoms with Gasteiger partial charge in [-0.2, -0.15) is 0 Å². The smallest absolute Gasteiger partial charge is 0.144 e. The fraction of sp³-hybridized carbons (Fsp3) is 0. The van der Waals surface area contributed by atoms with Gasteiger partial charge in [-0.3, -0.25) is 5.41 Å². The Morgan fingerprint density at radius 1 is 1.50 bits per heavy atom. The van der Waals surface area contributed by atoms with E-state index in [1.54, 1.807) is 0 Å². The molecule has 6 heteroatoms. The van der Waals surface area contributed by atoms with Crippen molar-refractivity contribution in [3.05, 3.63) is 11.9 Å². The predicted molar refractivity (Wildman–Crippen MR) is 46.1 cm³/mol. The van der Waals surface area contributed by atoms with Crippen LogP contribution in [0.5, 0.6) is 0 Å². The number of nitrogens with one attached hydrogen (secondary N) is 1. The molecule has 0 aromatic heterocycles. The second kappa shape index (κ2) is 4.14. The molecule has 0 aromatic rings. The van der Waals surface area contributed by atoms with Gasteiger partial charge in [0.2, 0.25) is 0 Å². The summed E-state index contributed by atoms with van der Waals surface area (Å²) in [4.78, 5) is 3.63. The topological polar surface area (TPSA) is 88.2 Å². The summed E-state index contributed by atoms with van der Waals surface area (Å²) in [6.45, 7) is 0. The number of hydrogen-bond donors (Lipinski definition) is 3. The van der Waals surface area contributed by atoms with Gasteiger partial charge in [0.05, 0.1) is 11.9 Å². The van der Waals surface area contributed by atoms with Gasteiger partial charge in [0.1, 0.15) is 11.5 Å². The second-order valence-corrected chi connectivity index (χ2v) is 1.48. The number of halogens is 2. The maximum atomic E-state index is 6.81. The zero-order valence-corrected chi connectivity index (χ0v) is 6.63. The van der Waals surface area contributed by atoms with Gasteiger partial charge >= 0.3 is 0 Å². The third kappa shape index (κ3) is 1.89. The van der Waals surface area contributed by atoms with Crippen molar-refractivity contribution in [3.63, 3.8) is 0 Å². The molecule has 1 aliphatic rings. The minimum absolute atomic E-state index is 0. The molecular formula is C4H8Cl2N4. The van der Waals surface area contributed by atoms with Crippen molar-refractivity contribution in [2.24, 2.45) is 16.5 Å². The molecule has 0 aromatic carbocycles. The highest BCUT2D eigenvalue weighted by molar-refractivity contribution is 6.47. The Hall–Kier alpha value is -0.740. The van der Waals surface area contributed by atoms with Crippen LogP contribution in [-0.2, 0) is 0 Å². The van der Waals surface area contributed by atoms with E-state index in [4.69, 9.17) is 16.9 Å². The summed E-state index contributed by atoms with van der Waals surface area (Å²) < 4.78 is 0. The number of aliphatic imine (C=N–C) groups is 1. The van der Waals surface area contributed by atoms with E-state index in [1.165, 1.54) is 6.20 Å². The molecule has 0 spiro atoms. The zero-order chi connectivity index (χ0) is 6.15. The monoisotopic (exact) mass is 182 g/mol. The lowest BCUT2D eigenvalue weighted by Crippen LogP contribution is -2.31. The SMILES string of the molecule is Cl.Cl.N=C(N)C1=NC=C1N. The zero-order valence-electron chi connectivity index (χ0n) is 5.00. The fourth-order valence-corrected chi connectivity index (χ4v) is 0.429. The van der Waals surface area contributed by atoms with Crippen molar-refractivity contribution in [1.29, 1.82) is 5.41 Å². The third-order valence-electron chi connectivity index (χ3n) is 0.861. The van der Waals surface area contributed by atoms with E-state index < -0.39 is 0 Å². The summed E-state index contributed by atoms with van der Waals surface area (Å²) in [5, 5.41) is 6.81. The molecule has 0 bridgehead atoms. The van der Waals surface area contributed by atoms with Crippen molar-refractivity contribution in [1.82, 2.24) is 0 Å². The first-order valence-electron chi connectivity index (χ1n) is 2.10. The molecule has 0 amide bonds. The molecule has 0 atom stereocenters. The summed E-state index contributed by atoms with van der Waals surface area (Å²) in [5.41, 5.74) is 11.2. The van der Waals surface area contributed by atoms with Crippen molar-refractivity contribution in [2.45, 2.75) is 0 Å². The predicted octanol–water partition coefficient (Wildman–Crippen LogP) is 0.0207. The van der Waals surface area contributed by atoms with Gasteiger partial charge in [0.25, 0.3) is 0 Å². The van der Waals surface area contributed by atoms with Crippen LogP contribution in [0, 0.1) is 5.41 Å². The summed E-state index contributed by atoms with van der Waals surface area (Å²) >= 11 is 0. The third-order valence-corrected chi connectivity index (χ3v) is 0.861. The first-order valence-corrected chi connectivity index (χ1v) is 2.10. The normalized spacial score (nSPS) is 12.8. The molecular weight excluding hydrogens is 175 g/mol. The standard InChI is InChI=1S/C4H6N4.2ClH/c5-2-1-8-3(2)4(6)7;;/h1H,5H2,(H3,6,7);2*1H. The molecule has 0 aliphatic carbocycles. The first kappa shape index (κ1) is 12.0. The molecule has 5 N–H and O–H groups in total. The average molecular weight is 183 g/mol. The Labute approximate surface area is 70.7 Å². The highest BCUT2D eigenvalue weighted by atomic mass is 35.5. The molecule has 0 unspecified atom stereocenters. The molecule has 0 saturated heterocycles. The molecule has 1 aliphatic heterocycles. The number of nitrogens with two attached hydrogens (primary N) is 2. The minimum Gasteiger partial charge on any atom is -0.396 e. The Kier molecular flexibility index (Phi) is 4.96. The Bertz CT molecular complexity index is 189. The van der Waals surface area contributed by atoms with E-state index >= 15 is 0 Å². The van der Waals surface area contributed by atoms with E-state index in [0.29, 0.717) is 11.4 Å². The highest BCUT2D eigenvalue weighted by Crippen LogP contribution is 2.01.